The molecule has 262 valence electrons. The highest BCUT2D eigenvalue weighted by molar-refractivity contribution is 6.76. The quantitative estimate of drug-likeness (QED) is 0.0957. The maximum absolute atomic E-state index is 6.34. The number of ether oxygens (including phenoxy) is 3. The maximum atomic E-state index is 6.34. The second kappa shape index (κ2) is 15.4. The van der Waals surface area contributed by atoms with Crippen molar-refractivity contribution in [1.82, 2.24) is 44.0 Å². The van der Waals surface area contributed by atoms with E-state index < -0.39 is 16.1 Å². The fraction of sp³-hybridized carbons (Fsp3) is 0.500. The molecule has 4 aromatic heterocycles. The molecule has 13 nitrogen and oxygen atoms in total. The van der Waals surface area contributed by atoms with E-state index >= 15 is 0 Å². The predicted molar refractivity (Wildman–Crippen MR) is 198 cm³/mol. The lowest BCUT2D eigenvalue weighted by molar-refractivity contribution is 0.0342. The van der Waals surface area contributed by atoms with Crippen LogP contribution in [0.2, 0.25) is 51.4 Å². The fourth-order valence-corrected chi connectivity index (χ4v) is 6.98. The van der Waals surface area contributed by atoms with E-state index in [1.54, 1.807) is 17.1 Å². The van der Waals surface area contributed by atoms with Crippen LogP contribution in [-0.2, 0) is 34.2 Å². The molecule has 0 amide bonds. The zero-order valence-electron chi connectivity index (χ0n) is 29.7. The first-order valence-electron chi connectivity index (χ1n) is 17.1. The molecule has 0 aliphatic carbocycles. The third-order valence-corrected chi connectivity index (χ3v) is 11.8. The van der Waals surface area contributed by atoms with Gasteiger partial charge in [0.05, 0.1) is 36.1 Å². The summed E-state index contributed by atoms with van der Waals surface area (Å²) in [5.74, 6) is 1.80. The Morgan fingerprint density at radius 1 is 0.898 bits per heavy atom. The number of anilines is 2. The molecule has 0 atom stereocenters. The van der Waals surface area contributed by atoms with Gasteiger partial charge in [-0.3, -0.25) is 9.47 Å². The van der Waals surface area contributed by atoms with E-state index in [0.717, 1.165) is 67.5 Å². The molecule has 0 unspecified atom stereocenters. The highest BCUT2D eigenvalue weighted by atomic mass is 28.3. The van der Waals surface area contributed by atoms with Crippen LogP contribution in [0.1, 0.15) is 5.56 Å². The molecular weight excluding hydrogens is 653 g/mol. The summed E-state index contributed by atoms with van der Waals surface area (Å²) in [5.41, 5.74) is 4.57. The van der Waals surface area contributed by atoms with Crippen molar-refractivity contribution in [3.05, 3.63) is 60.7 Å². The normalized spacial score (nSPS) is 14.6. The predicted octanol–water partition coefficient (Wildman–Crippen LogP) is 6.08. The van der Waals surface area contributed by atoms with Gasteiger partial charge >= 0.3 is 0 Å². The fourth-order valence-electron chi connectivity index (χ4n) is 5.47. The zero-order chi connectivity index (χ0) is 34.4. The largest absolute Gasteiger partial charge is 0.379 e. The third kappa shape index (κ3) is 9.70. The van der Waals surface area contributed by atoms with Gasteiger partial charge in [-0.1, -0.05) is 45.3 Å². The van der Waals surface area contributed by atoms with Crippen molar-refractivity contribution in [3.63, 3.8) is 0 Å². The van der Waals surface area contributed by atoms with Gasteiger partial charge < -0.3 is 19.5 Å². The number of hydrogen-bond donors (Lipinski definition) is 1. The Balaban J connectivity index is 1.35. The molecule has 0 saturated carbocycles. The summed E-state index contributed by atoms with van der Waals surface area (Å²) in [6.07, 6.45) is 7.20. The molecule has 5 heterocycles. The Morgan fingerprint density at radius 2 is 1.65 bits per heavy atom. The van der Waals surface area contributed by atoms with E-state index in [4.69, 9.17) is 29.3 Å². The number of rotatable bonds is 16. The summed E-state index contributed by atoms with van der Waals surface area (Å²) in [6.45, 7) is 20.5. The van der Waals surface area contributed by atoms with E-state index in [-0.39, 0.29) is 0 Å². The number of nitrogens with zero attached hydrogens (tertiary/aromatic N) is 9. The van der Waals surface area contributed by atoms with Crippen molar-refractivity contribution >= 4 is 38.7 Å². The van der Waals surface area contributed by atoms with Crippen molar-refractivity contribution in [3.8, 4) is 17.5 Å². The molecule has 1 aliphatic rings. The van der Waals surface area contributed by atoms with Gasteiger partial charge in [0.1, 0.15) is 19.3 Å². The summed E-state index contributed by atoms with van der Waals surface area (Å²) >= 11 is 0. The van der Waals surface area contributed by atoms with Crippen LogP contribution in [0.4, 0.5) is 11.5 Å². The molecule has 15 heteroatoms. The van der Waals surface area contributed by atoms with E-state index in [0.29, 0.717) is 44.1 Å². The Morgan fingerprint density at radius 3 is 2.37 bits per heavy atom. The zero-order valence-corrected chi connectivity index (χ0v) is 31.7. The first kappa shape index (κ1) is 35.1. The molecule has 1 aromatic carbocycles. The minimum absolute atomic E-state index is 0.331. The summed E-state index contributed by atoms with van der Waals surface area (Å²) in [7, 11) is -2.49. The lowest BCUT2D eigenvalue weighted by Gasteiger charge is -2.26. The summed E-state index contributed by atoms with van der Waals surface area (Å²) in [6, 6.07) is 12.4. The van der Waals surface area contributed by atoms with Crippen LogP contribution in [0.5, 0.6) is 0 Å². The monoisotopic (exact) mass is 702 g/mol. The highest BCUT2D eigenvalue weighted by Gasteiger charge is 2.22. The highest BCUT2D eigenvalue weighted by Crippen LogP contribution is 2.32. The number of aromatic nitrogens is 8. The Kier molecular flexibility index (Phi) is 11.1. The van der Waals surface area contributed by atoms with Crippen LogP contribution < -0.4 is 5.32 Å². The van der Waals surface area contributed by atoms with Crippen LogP contribution >= 0.6 is 0 Å². The van der Waals surface area contributed by atoms with E-state index in [1.165, 1.54) is 5.56 Å². The number of fused-ring (bicyclic) bond motifs is 1. The molecule has 49 heavy (non-hydrogen) atoms. The standard InChI is InChI=1S/C34H50N10O3Si2/c1-48(2,3)20-18-46-25-42-24-29(37-31-10-12-35-34(39-31)44-13-7-11-36-44)32(40-42)33-38-28-22-27(23-41-14-16-45-17-15-41)8-9-30(28)43(33)26-47-19-21-49(4,5)6/h7-13,22,24H,14-21,23,25-26H2,1-6H3,(H,35,37,39). The van der Waals surface area contributed by atoms with Crippen molar-refractivity contribution in [2.24, 2.45) is 0 Å². The van der Waals surface area contributed by atoms with Gasteiger partial charge in [-0.15, -0.1) is 0 Å². The van der Waals surface area contributed by atoms with Gasteiger partial charge in [0, 0.05) is 67.6 Å². The van der Waals surface area contributed by atoms with Crippen LogP contribution in [0.3, 0.4) is 0 Å². The van der Waals surface area contributed by atoms with E-state index in [1.807, 2.05) is 29.2 Å². The molecule has 1 saturated heterocycles. The van der Waals surface area contributed by atoms with Crippen LogP contribution in [0.25, 0.3) is 28.5 Å². The third-order valence-electron chi connectivity index (χ3n) is 8.35. The summed E-state index contributed by atoms with van der Waals surface area (Å²) in [4.78, 5) is 16.8. The number of hydrogen-bond acceptors (Lipinski definition) is 10. The molecule has 1 fully saturated rings. The lowest BCUT2D eigenvalue weighted by Crippen LogP contribution is -2.35. The first-order valence-corrected chi connectivity index (χ1v) is 24.5. The minimum atomic E-state index is -1.26. The van der Waals surface area contributed by atoms with Gasteiger partial charge in [-0.25, -0.2) is 19.3 Å². The SMILES string of the molecule is C[Si](C)(C)CCOCn1cc(Nc2ccnc(-n3cccn3)n2)c(-c2nc3cc(CN4CCOCC4)ccc3n2COCC[Si](C)(C)C)n1. The second-order valence-electron chi connectivity index (χ2n) is 15.0. The Bertz CT molecular complexity index is 1810. The van der Waals surface area contributed by atoms with Gasteiger partial charge in [0.2, 0.25) is 0 Å². The Labute approximate surface area is 290 Å². The molecule has 6 rings (SSSR count). The van der Waals surface area contributed by atoms with Gasteiger partial charge in [-0.2, -0.15) is 15.2 Å². The molecular formula is C34H50N10O3Si2. The number of nitrogens with one attached hydrogen (secondary N) is 1. The molecule has 0 bridgehead atoms. The average Bonchev–Trinajstić information content (AvgIpc) is 3.81. The summed E-state index contributed by atoms with van der Waals surface area (Å²) < 4.78 is 23.6. The molecule has 1 N–H and O–H groups in total. The number of morpholine rings is 1. The lowest BCUT2D eigenvalue weighted by atomic mass is 10.2. The van der Waals surface area contributed by atoms with E-state index in [9.17, 15) is 0 Å². The first-order chi connectivity index (χ1) is 23.5. The Hall–Kier alpha value is -3.74. The molecule has 1 aliphatic heterocycles. The van der Waals surface area contributed by atoms with Crippen molar-refractivity contribution in [1.29, 1.82) is 0 Å². The smallest absolute Gasteiger partial charge is 0.252 e. The summed E-state index contributed by atoms with van der Waals surface area (Å²) in [5, 5.41) is 12.8. The van der Waals surface area contributed by atoms with Gasteiger partial charge in [-0.05, 0) is 41.9 Å². The molecule has 0 radical (unpaired) electrons. The van der Waals surface area contributed by atoms with Crippen LogP contribution in [0.15, 0.2) is 55.1 Å². The number of imidazole rings is 1. The van der Waals surface area contributed by atoms with Gasteiger partial charge in [0.25, 0.3) is 5.95 Å². The molecule has 5 aromatic rings. The van der Waals surface area contributed by atoms with Crippen molar-refractivity contribution in [2.75, 3.05) is 44.8 Å². The van der Waals surface area contributed by atoms with E-state index in [2.05, 4.69) is 82.3 Å². The average molecular weight is 703 g/mol. The second-order valence-corrected chi connectivity index (χ2v) is 26.3. The maximum Gasteiger partial charge on any atom is 0.252 e. The van der Waals surface area contributed by atoms with Crippen molar-refractivity contribution < 1.29 is 14.2 Å². The number of benzene rings is 1. The van der Waals surface area contributed by atoms with Crippen molar-refractivity contribution in [2.45, 2.75) is 71.4 Å². The van der Waals surface area contributed by atoms with Crippen LogP contribution in [0, 0.1) is 0 Å². The topological polar surface area (TPSA) is 122 Å². The van der Waals surface area contributed by atoms with Crippen LogP contribution in [-0.4, -0.2) is 99.6 Å². The molecule has 0 spiro atoms. The van der Waals surface area contributed by atoms with Gasteiger partial charge in [0.15, 0.2) is 11.5 Å². The minimum Gasteiger partial charge on any atom is -0.379 e.